The molecular formula is C19H19N3O2. The Morgan fingerprint density at radius 3 is 2.71 bits per heavy atom. The molecule has 0 spiro atoms. The second-order valence-electron chi connectivity index (χ2n) is 5.27. The highest BCUT2D eigenvalue weighted by Gasteiger charge is 2.05. The van der Waals surface area contributed by atoms with Crippen LogP contribution in [0.25, 0.3) is 0 Å². The molecule has 0 unspecified atom stereocenters. The van der Waals surface area contributed by atoms with Crippen molar-refractivity contribution in [3.8, 4) is 12.3 Å². The number of terminal acetylenes is 1. The van der Waals surface area contributed by atoms with Gasteiger partial charge in [-0.05, 0) is 56.9 Å². The van der Waals surface area contributed by atoms with Crippen molar-refractivity contribution in [1.82, 2.24) is 9.97 Å². The third kappa shape index (κ3) is 5.03. The van der Waals surface area contributed by atoms with Crippen LogP contribution in [0.15, 0.2) is 41.6 Å². The molecule has 0 aromatic carbocycles. The van der Waals surface area contributed by atoms with E-state index in [-0.39, 0.29) is 0 Å². The highest BCUT2D eigenvalue weighted by molar-refractivity contribution is 6.07. The lowest BCUT2D eigenvalue weighted by Crippen LogP contribution is -2.03. The van der Waals surface area contributed by atoms with Crippen molar-refractivity contribution < 1.29 is 9.63 Å². The number of carbonyl (C=O) groups excluding carboxylic acids is 1. The number of hydrogen-bond acceptors (Lipinski definition) is 5. The second kappa shape index (κ2) is 8.59. The summed E-state index contributed by atoms with van der Waals surface area (Å²) in [4.78, 5) is 25.4. The summed E-state index contributed by atoms with van der Waals surface area (Å²) in [5.41, 5.74) is 3.58. The van der Waals surface area contributed by atoms with Gasteiger partial charge in [-0.25, -0.2) is 4.98 Å². The SMILES string of the molecule is C#CC(=O)c1cccc(CCCO/N=C(\C)c2cccc(C)n2)n1. The molecule has 5 nitrogen and oxygen atoms in total. The van der Waals surface area contributed by atoms with Gasteiger partial charge in [0.2, 0.25) is 0 Å². The number of aryl methyl sites for hydroxylation is 2. The van der Waals surface area contributed by atoms with E-state index < -0.39 is 5.78 Å². The van der Waals surface area contributed by atoms with Crippen LogP contribution in [0.5, 0.6) is 0 Å². The van der Waals surface area contributed by atoms with Crippen molar-refractivity contribution in [1.29, 1.82) is 0 Å². The first-order chi connectivity index (χ1) is 11.6. The minimum absolute atomic E-state index is 0.301. The largest absolute Gasteiger partial charge is 0.396 e. The van der Waals surface area contributed by atoms with E-state index in [1.165, 1.54) is 0 Å². The Kier molecular flexibility index (Phi) is 6.21. The number of nitrogens with zero attached hydrogens (tertiary/aromatic N) is 3. The number of carbonyl (C=O) groups is 1. The van der Waals surface area contributed by atoms with Crippen LogP contribution < -0.4 is 0 Å². The molecule has 122 valence electrons. The van der Waals surface area contributed by atoms with Gasteiger partial charge < -0.3 is 4.84 Å². The monoisotopic (exact) mass is 321 g/mol. The van der Waals surface area contributed by atoms with Gasteiger partial charge in [-0.2, -0.15) is 0 Å². The normalized spacial score (nSPS) is 11.0. The molecule has 0 amide bonds. The number of Topliss-reactive ketones (excluding diaryl/α,β-unsaturated/α-hetero) is 1. The first kappa shape index (κ1) is 17.4. The number of ketones is 1. The fraction of sp³-hybridized carbons (Fsp3) is 0.263. The van der Waals surface area contributed by atoms with E-state index in [2.05, 4.69) is 21.0 Å². The van der Waals surface area contributed by atoms with Crippen molar-refractivity contribution in [2.75, 3.05) is 6.61 Å². The number of pyridine rings is 2. The summed E-state index contributed by atoms with van der Waals surface area (Å²) >= 11 is 0. The standard InChI is InChI=1S/C19H19N3O2/c1-4-19(23)18-12-6-9-16(21-18)10-7-13-24-22-15(3)17-11-5-8-14(2)20-17/h1,5-6,8-9,11-12H,7,10,13H2,2-3H3/b22-15+. The number of hydrogen-bond donors (Lipinski definition) is 0. The van der Waals surface area contributed by atoms with Gasteiger partial charge in [-0.1, -0.05) is 17.3 Å². The predicted octanol–water partition coefficient (Wildman–Crippen LogP) is 2.97. The van der Waals surface area contributed by atoms with E-state index in [0.717, 1.165) is 29.2 Å². The molecule has 24 heavy (non-hydrogen) atoms. The van der Waals surface area contributed by atoms with Crippen molar-refractivity contribution >= 4 is 11.5 Å². The molecule has 0 saturated carbocycles. The maximum Gasteiger partial charge on any atom is 0.253 e. The molecule has 0 radical (unpaired) electrons. The zero-order chi connectivity index (χ0) is 17.4. The molecule has 2 aromatic heterocycles. The molecule has 5 heteroatoms. The summed E-state index contributed by atoms with van der Waals surface area (Å²) < 4.78 is 0. The maximum atomic E-state index is 11.4. The van der Waals surface area contributed by atoms with Crippen molar-refractivity contribution in [3.05, 3.63) is 59.2 Å². The summed E-state index contributed by atoms with van der Waals surface area (Å²) in [6.07, 6.45) is 6.52. The molecule has 2 aromatic rings. The average Bonchev–Trinajstić information content (AvgIpc) is 2.60. The summed E-state index contributed by atoms with van der Waals surface area (Å²) in [5, 5.41) is 4.08. The topological polar surface area (TPSA) is 64.4 Å². The fourth-order valence-electron chi connectivity index (χ4n) is 2.07. The summed E-state index contributed by atoms with van der Waals surface area (Å²) in [5.74, 6) is 1.66. The number of oxime groups is 1. The van der Waals surface area contributed by atoms with Gasteiger partial charge in [0.05, 0.1) is 5.69 Å². The Bertz CT molecular complexity index is 791. The zero-order valence-electron chi connectivity index (χ0n) is 13.8. The van der Waals surface area contributed by atoms with Crippen LogP contribution in [0.2, 0.25) is 0 Å². The van der Waals surface area contributed by atoms with Crippen LogP contribution in [-0.2, 0) is 11.3 Å². The molecule has 0 atom stereocenters. The molecule has 2 heterocycles. The van der Waals surface area contributed by atoms with E-state index in [1.807, 2.05) is 38.1 Å². The lowest BCUT2D eigenvalue weighted by molar-refractivity contribution is 0.105. The van der Waals surface area contributed by atoms with Crippen LogP contribution in [0.4, 0.5) is 0 Å². The third-order valence-corrected chi connectivity index (χ3v) is 3.30. The highest BCUT2D eigenvalue weighted by atomic mass is 16.6. The average molecular weight is 321 g/mol. The Labute approximate surface area is 141 Å². The molecule has 0 N–H and O–H groups in total. The van der Waals surface area contributed by atoms with Crippen molar-refractivity contribution in [2.45, 2.75) is 26.7 Å². The van der Waals surface area contributed by atoms with E-state index in [0.29, 0.717) is 18.7 Å². The lowest BCUT2D eigenvalue weighted by atomic mass is 10.2. The molecule has 2 rings (SSSR count). The Morgan fingerprint density at radius 1 is 1.21 bits per heavy atom. The van der Waals surface area contributed by atoms with Gasteiger partial charge in [0, 0.05) is 11.4 Å². The molecule has 0 fully saturated rings. The van der Waals surface area contributed by atoms with Crippen LogP contribution in [0, 0.1) is 19.3 Å². The smallest absolute Gasteiger partial charge is 0.253 e. The zero-order valence-corrected chi connectivity index (χ0v) is 13.8. The van der Waals surface area contributed by atoms with Crippen LogP contribution in [0.1, 0.15) is 40.9 Å². The van der Waals surface area contributed by atoms with Crippen LogP contribution in [-0.4, -0.2) is 28.1 Å². The van der Waals surface area contributed by atoms with Gasteiger partial charge in [0.1, 0.15) is 18.0 Å². The minimum Gasteiger partial charge on any atom is -0.396 e. The lowest BCUT2D eigenvalue weighted by Gasteiger charge is -2.04. The van der Waals surface area contributed by atoms with Gasteiger partial charge in [-0.15, -0.1) is 6.42 Å². The molecule has 0 aliphatic rings. The summed E-state index contributed by atoms with van der Waals surface area (Å²) in [6, 6.07) is 11.0. The minimum atomic E-state index is -0.404. The molecule has 0 aliphatic heterocycles. The van der Waals surface area contributed by atoms with E-state index in [1.54, 1.807) is 12.1 Å². The van der Waals surface area contributed by atoms with E-state index >= 15 is 0 Å². The first-order valence-corrected chi connectivity index (χ1v) is 7.67. The predicted molar refractivity (Wildman–Crippen MR) is 92.9 cm³/mol. The van der Waals surface area contributed by atoms with Gasteiger partial charge in [0.25, 0.3) is 5.78 Å². The fourth-order valence-corrected chi connectivity index (χ4v) is 2.07. The highest BCUT2D eigenvalue weighted by Crippen LogP contribution is 2.04. The van der Waals surface area contributed by atoms with Crippen molar-refractivity contribution in [2.24, 2.45) is 5.16 Å². The molecule has 0 aliphatic carbocycles. The third-order valence-electron chi connectivity index (χ3n) is 3.30. The van der Waals surface area contributed by atoms with Gasteiger partial charge in [0.15, 0.2) is 0 Å². The van der Waals surface area contributed by atoms with Crippen molar-refractivity contribution in [3.63, 3.8) is 0 Å². The molecule has 0 saturated heterocycles. The van der Waals surface area contributed by atoms with Crippen LogP contribution >= 0.6 is 0 Å². The number of aromatic nitrogens is 2. The number of rotatable bonds is 7. The van der Waals surface area contributed by atoms with E-state index in [9.17, 15) is 4.79 Å². The Hall–Kier alpha value is -3.00. The second-order valence-corrected chi connectivity index (χ2v) is 5.27. The first-order valence-electron chi connectivity index (χ1n) is 7.67. The van der Waals surface area contributed by atoms with Crippen LogP contribution in [0.3, 0.4) is 0 Å². The van der Waals surface area contributed by atoms with Gasteiger partial charge in [-0.3, -0.25) is 9.78 Å². The Balaban J connectivity index is 1.82. The maximum absolute atomic E-state index is 11.4. The molecule has 0 bridgehead atoms. The van der Waals surface area contributed by atoms with Gasteiger partial charge >= 0.3 is 0 Å². The summed E-state index contributed by atoms with van der Waals surface area (Å²) in [6.45, 7) is 4.25. The molecular weight excluding hydrogens is 302 g/mol. The summed E-state index contributed by atoms with van der Waals surface area (Å²) in [7, 11) is 0. The Morgan fingerprint density at radius 2 is 1.96 bits per heavy atom. The quantitative estimate of drug-likeness (QED) is 0.196. The van der Waals surface area contributed by atoms with E-state index in [4.69, 9.17) is 11.3 Å².